The van der Waals surface area contributed by atoms with Crippen molar-refractivity contribution >= 4 is 33.8 Å². The summed E-state index contributed by atoms with van der Waals surface area (Å²) in [6, 6.07) is 0.335. The summed E-state index contributed by atoms with van der Waals surface area (Å²) in [6.45, 7) is 2.96. The molecular formula is C13H16ClN3OS. The molecule has 6 heteroatoms. The number of thiazole rings is 1. The van der Waals surface area contributed by atoms with E-state index in [0.29, 0.717) is 16.9 Å². The largest absolute Gasteiger partial charge is 0.334 e. The highest BCUT2D eigenvalue weighted by Gasteiger charge is 2.30. The van der Waals surface area contributed by atoms with Gasteiger partial charge in [0.05, 0.1) is 0 Å². The number of rotatable bonds is 2. The second-order valence-corrected chi connectivity index (χ2v) is 6.09. The van der Waals surface area contributed by atoms with Gasteiger partial charge < -0.3 is 4.90 Å². The number of piperidine rings is 1. The van der Waals surface area contributed by atoms with E-state index in [9.17, 15) is 4.79 Å². The van der Waals surface area contributed by atoms with E-state index in [1.165, 1.54) is 17.8 Å². The maximum atomic E-state index is 12.7. The highest BCUT2D eigenvalue weighted by Crippen LogP contribution is 2.26. The van der Waals surface area contributed by atoms with Gasteiger partial charge in [0.15, 0.2) is 15.8 Å². The number of hydrogen-bond acceptors (Lipinski definition) is 3. The Morgan fingerprint density at radius 2 is 2.42 bits per heavy atom. The lowest BCUT2D eigenvalue weighted by molar-refractivity contribution is 0.0601. The van der Waals surface area contributed by atoms with E-state index in [4.69, 9.17) is 11.6 Å². The number of fused-ring (bicyclic) bond motifs is 1. The zero-order valence-electron chi connectivity index (χ0n) is 10.8. The molecule has 102 valence electrons. The van der Waals surface area contributed by atoms with Crippen molar-refractivity contribution in [2.75, 3.05) is 6.54 Å². The second-order valence-electron chi connectivity index (χ2n) is 4.86. The fourth-order valence-electron chi connectivity index (χ4n) is 2.78. The van der Waals surface area contributed by atoms with Crippen LogP contribution in [-0.2, 0) is 0 Å². The number of carbonyl (C=O) groups is 1. The molecule has 0 bridgehead atoms. The number of halogens is 1. The standard InChI is InChI=1S/C13H16ClN3OS/c1-2-9-5-3-4-6-16(9)12(18)10-11(14)15-13-17(10)7-8-19-13/h7-9H,2-6H2,1H3. The molecule has 3 rings (SSSR count). The van der Waals surface area contributed by atoms with E-state index in [1.807, 2.05) is 16.5 Å². The predicted octanol–water partition coefficient (Wildman–Crippen LogP) is 3.45. The molecule has 0 spiro atoms. The van der Waals surface area contributed by atoms with Crippen LogP contribution in [0.15, 0.2) is 11.6 Å². The van der Waals surface area contributed by atoms with Gasteiger partial charge in [-0.3, -0.25) is 9.20 Å². The molecule has 1 atom stereocenters. The van der Waals surface area contributed by atoms with Crippen LogP contribution in [0.1, 0.15) is 43.1 Å². The van der Waals surface area contributed by atoms with Crippen molar-refractivity contribution in [1.82, 2.24) is 14.3 Å². The van der Waals surface area contributed by atoms with Gasteiger partial charge in [0.2, 0.25) is 0 Å². The average Bonchev–Trinajstić information content (AvgIpc) is 2.97. The quantitative estimate of drug-likeness (QED) is 0.851. The van der Waals surface area contributed by atoms with E-state index in [-0.39, 0.29) is 5.91 Å². The Balaban J connectivity index is 1.98. The maximum Gasteiger partial charge on any atom is 0.274 e. The Morgan fingerprint density at radius 1 is 1.58 bits per heavy atom. The lowest BCUT2D eigenvalue weighted by atomic mass is 10.00. The van der Waals surface area contributed by atoms with Crippen LogP contribution >= 0.6 is 22.9 Å². The fraction of sp³-hybridized carbons (Fsp3) is 0.538. The SMILES string of the molecule is CCC1CCCCN1C(=O)c1c(Cl)nc2sccn12. The molecule has 0 aromatic carbocycles. The Labute approximate surface area is 121 Å². The summed E-state index contributed by atoms with van der Waals surface area (Å²) in [4.78, 5) is 19.7. The van der Waals surface area contributed by atoms with Gasteiger partial charge in [-0.15, -0.1) is 11.3 Å². The van der Waals surface area contributed by atoms with Gasteiger partial charge in [0, 0.05) is 24.2 Å². The van der Waals surface area contributed by atoms with Crippen molar-refractivity contribution < 1.29 is 4.79 Å². The van der Waals surface area contributed by atoms with Gasteiger partial charge in [-0.25, -0.2) is 4.98 Å². The Kier molecular flexibility index (Phi) is 3.50. The van der Waals surface area contributed by atoms with Gasteiger partial charge in [0.1, 0.15) is 0 Å². The van der Waals surface area contributed by atoms with E-state index in [0.717, 1.165) is 30.8 Å². The summed E-state index contributed by atoms with van der Waals surface area (Å²) in [5.41, 5.74) is 0.512. The van der Waals surface area contributed by atoms with Crippen molar-refractivity contribution in [1.29, 1.82) is 0 Å². The van der Waals surface area contributed by atoms with Crippen LogP contribution in [0.5, 0.6) is 0 Å². The predicted molar refractivity (Wildman–Crippen MR) is 77.0 cm³/mol. The van der Waals surface area contributed by atoms with Gasteiger partial charge in [-0.1, -0.05) is 18.5 Å². The Bertz CT molecular complexity index is 606. The van der Waals surface area contributed by atoms with Gasteiger partial charge in [-0.2, -0.15) is 0 Å². The van der Waals surface area contributed by atoms with E-state index >= 15 is 0 Å². The molecule has 3 heterocycles. The summed E-state index contributed by atoms with van der Waals surface area (Å²) < 4.78 is 1.80. The van der Waals surface area contributed by atoms with Crippen LogP contribution in [0.3, 0.4) is 0 Å². The third-order valence-electron chi connectivity index (χ3n) is 3.78. The molecule has 2 aromatic heterocycles. The molecule has 2 aromatic rings. The van der Waals surface area contributed by atoms with Gasteiger partial charge in [-0.05, 0) is 25.7 Å². The minimum atomic E-state index is 0.0162. The molecule has 1 aliphatic rings. The summed E-state index contributed by atoms with van der Waals surface area (Å²) >= 11 is 7.63. The smallest absolute Gasteiger partial charge is 0.274 e. The monoisotopic (exact) mass is 297 g/mol. The summed E-state index contributed by atoms with van der Waals surface area (Å²) in [6.07, 6.45) is 6.22. The van der Waals surface area contributed by atoms with E-state index in [1.54, 1.807) is 4.40 Å². The Hall–Kier alpha value is -1.07. The average molecular weight is 298 g/mol. The van der Waals surface area contributed by atoms with Crippen LogP contribution < -0.4 is 0 Å². The first-order chi connectivity index (χ1) is 9.22. The molecule has 0 aliphatic carbocycles. The van der Waals surface area contributed by atoms with Crippen LogP contribution in [0, 0.1) is 0 Å². The number of carbonyl (C=O) groups excluding carboxylic acids is 1. The highest BCUT2D eigenvalue weighted by atomic mass is 35.5. The minimum Gasteiger partial charge on any atom is -0.334 e. The lowest BCUT2D eigenvalue weighted by Gasteiger charge is -2.35. The Morgan fingerprint density at radius 3 is 3.21 bits per heavy atom. The molecule has 1 fully saturated rings. The summed E-state index contributed by atoms with van der Waals surface area (Å²) in [5, 5.41) is 2.24. The molecular weight excluding hydrogens is 282 g/mol. The molecule has 1 aliphatic heterocycles. The zero-order chi connectivity index (χ0) is 13.4. The first-order valence-electron chi connectivity index (χ1n) is 6.64. The first-order valence-corrected chi connectivity index (χ1v) is 7.90. The topological polar surface area (TPSA) is 37.6 Å². The van der Waals surface area contributed by atoms with Crippen LogP contribution in [0.2, 0.25) is 5.15 Å². The number of aromatic nitrogens is 2. The number of imidazole rings is 1. The maximum absolute atomic E-state index is 12.7. The van der Waals surface area contributed by atoms with Gasteiger partial charge >= 0.3 is 0 Å². The van der Waals surface area contributed by atoms with Crippen LogP contribution in [0.4, 0.5) is 0 Å². The lowest BCUT2D eigenvalue weighted by Crippen LogP contribution is -2.43. The molecule has 0 radical (unpaired) electrons. The van der Waals surface area contributed by atoms with Gasteiger partial charge in [0.25, 0.3) is 5.91 Å². The minimum absolute atomic E-state index is 0.0162. The fourth-order valence-corrected chi connectivity index (χ4v) is 3.80. The summed E-state index contributed by atoms with van der Waals surface area (Å²) in [5.74, 6) is 0.0162. The highest BCUT2D eigenvalue weighted by molar-refractivity contribution is 7.15. The van der Waals surface area contributed by atoms with Crippen molar-refractivity contribution in [3.8, 4) is 0 Å². The number of likely N-dealkylation sites (tertiary alicyclic amines) is 1. The molecule has 0 saturated carbocycles. The molecule has 0 N–H and O–H groups in total. The summed E-state index contributed by atoms with van der Waals surface area (Å²) in [7, 11) is 0. The number of amides is 1. The second kappa shape index (κ2) is 5.13. The van der Waals surface area contributed by atoms with E-state index < -0.39 is 0 Å². The van der Waals surface area contributed by atoms with Crippen LogP contribution in [-0.4, -0.2) is 32.8 Å². The van der Waals surface area contributed by atoms with E-state index in [2.05, 4.69) is 11.9 Å². The normalized spacial score (nSPS) is 20.1. The molecule has 1 unspecified atom stereocenters. The first kappa shape index (κ1) is 12.9. The third kappa shape index (κ3) is 2.15. The van der Waals surface area contributed by atoms with Crippen molar-refractivity contribution in [3.05, 3.63) is 22.4 Å². The number of nitrogens with zero attached hydrogens (tertiary/aromatic N) is 3. The third-order valence-corrected chi connectivity index (χ3v) is 4.80. The van der Waals surface area contributed by atoms with Crippen molar-refractivity contribution in [3.63, 3.8) is 0 Å². The molecule has 4 nitrogen and oxygen atoms in total. The van der Waals surface area contributed by atoms with Crippen LogP contribution in [0.25, 0.3) is 4.96 Å². The molecule has 1 amide bonds. The molecule has 1 saturated heterocycles. The zero-order valence-corrected chi connectivity index (χ0v) is 12.4. The van der Waals surface area contributed by atoms with Crippen molar-refractivity contribution in [2.24, 2.45) is 0 Å². The number of hydrogen-bond donors (Lipinski definition) is 0. The molecule has 19 heavy (non-hydrogen) atoms. The van der Waals surface area contributed by atoms with Crippen molar-refractivity contribution in [2.45, 2.75) is 38.6 Å².